The molecule has 0 aliphatic rings. The number of carbonyl (C=O) groups is 1. The van der Waals surface area contributed by atoms with Crippen LogP contribution in [0.3, 0.4) is 0 Å². The van der Waals surface area contributed by atoms with Gasteiger partial charge in [-0.3, -0.25) is 10.1 Å². The molecule has 0 unspecified atom stereocenters. The van der Waals surface area contributed by atoms with E-state index in [1.807, 2.05) is 24.3 Å². The number of hydrogen-bond acceptors (Lipinski definition) is 7. The summed E-state index contributed by atoms with van der Waals surface area (Å²) in [4.78, 5) is 17.2. The second kappa shape index (κ2) is 8.16. The van der Waals surface area contributed by atoms with E-state index in [-0.39, 0.29) is 10.5 Å². The summed E-state index contributed by atoms with van der Waals surface area (Å²) in [5, 5.41) is 5.19. The van der Waals surface area contributed by atoms with Crippen molar-refractivity contribution in [1.29, 1.82) is 0 Å². The van der Waals surface area contributed by atoms with Gasteiger partial charge >= 0.3 is 0 Å². The third-order valence-electron chi connectivity index (χ3n) is 4.75. The van der Waals surface area contributed by atoms with Crippen molar-refractivity contribution in [2.45, 2.75) is 24.0 Å². The monoisotopic (exact) mass is 456 g/mol. The van der Waals surface area contributed by atoms with Gasteiger partial charge in [-0.05, 0) is 44.2 Å². The van der Waals surface area contributed by atoms with Crippen LogP contribution in [0, 0.1) is 0 Å². The topological polar surface area (TPSA) is 98.5 Å². The third-order valence-corrected chi connectivity index (χ3v) is 7.66. The van der Waals surface area contributed by atoms with Gasteiger partial charge in [0.1, 0.15) is 5.69 Å². The number of carbonyl (C=O) groups excluding carboxylic acids is 1. The van der Waals surface area contributed by atoms with Crippen molar-refractivity contribution in [2.24, 2.45) is 0 Å². The Morgan fingerprint density at radius 3 is 2.68 bits per heavy atom. The fourth-order valence-electron chi connectivity index (χ4n) is 3.02. The van der Waals surface area contributed by atoms with Gasteiger partial charge in [0, 0.05) is 16.3 Å². The molecule has 1 amide bonds. The van der Waals surface area contributed by atoms with E-state index in [9.17, 15) is 13.2 Å². The predicted molar refractivity (Wildman–Crippen MR) is 121 cm³/mol. The van der Waals surface area contributed by atoms with E-state index in [0.717, 1.165) is 5.39 Å². The van der Waals surface area contributed by atoms with Crippen LogP contribution >= 0.6 is 11.3 Å². The molecule has 0 fully saturated rings. The molecule has 4 rings (SSSR count). The second-order valence-corrected chi connectivity index (χ2v) is 10.5. The van der Waals surface area contributed by atoms with Gasteiger partial charge in [-0.1, -0.05) is 18.2 Å². The largest absolute Gasteiger partial charge is 0.493 e. The molecule has 2 aromatic heterocycles. The first-order valence-electron chi connectivity index (χ1n) is 9.47. The lowest BCUT2D eigenvalue weighted by molar-refractivity contribution is 0.102. The van der Waals surface area contributed by atoms with Crippen LogP contribution in [0.4, 0.5) is 5.13 Å². The van der Waals surface area contributed by atoms with Gasteiger partial charge in [-0.15, -0.1) is 11.3 Å². The Hall–Kier alpha value is -3.17. The maximum Gasteiger partial charge on any atom is 0.257 e. The molecular weight excluding hydrogens is 436 g/mol. The van der Waals surface area contributed by atoms with Crippen LogP contribution in [-0.4, -0.2) is 31.7 Å². The van der Waals surface area contributed by atoms with Crippen LogP contribution in [0.1, 0.15) is 24.2 Å². The molecule has 2 aromatic carbocycles. The molecule has 160 valence electrons. The summed E-state index contributed by atoms with van der Waals surface area (Å²) in [5.41, 5.74) is 1.45. The number of amides is 1. The average Bonchev–Trinajstić information content (AvgIpc) is 3.40. The van der Waals surface area contributed by atoms with Crippen molar-refractivity contribution >= 4 is 43.2 Å². The summed E-state index contributed by atoms with van der Waals surface area (Å²) >= 11 is 1.25. The van der Waals surface area contributed by atoms with Crippen molar-refractivity contribution < 1.29 is 22.4 Å². The average molecular weight is 457 g/mol. The van der Waals surface area contributed by atoms with Gasteiger partial charge in [0.05, 0.1) is 17.3 Å². The predicted octanol–water partition coefficient (Wildman–Crippen LogP) is 5.00. The summed E-state index contributed by atoms with van der Waals surface area (Å²) in [6, 6.07) is 13.5. The number of ether oxygens (including phenoxy) is 1. The number of thiazole rings is 1. The number of fused-ring (bicyclic) bond motifs is 1. The Labute approximate surface area is 183 Å². The van der Waals surface area contributed by atoms with Crippen molar-refractivity contribution in [3.63, 3.8) is 0 Å². The Morgan fingerprint density at radius 1 is 1.16 bits per heavy atom. The number of anilines is 1. The lowest BCUT2D eigenvalue weighted by Crippen LogP contribution is -2.16. The Balaban J connectivity index is 1.57. The maximum atomic E-state index is 12.7. The quantitative estimate of drug-likeness (QED) is 0.438. The number of para-hydroxylation sites is 1. The lowest BCUT2D eigenvalue weighted by atomic mass is 10.2. The van der Waals surface area contributed by atoms with Crippen LogP contribution in [0.15, 0.2) is 63.2 Å². The standard InChI is InChI=1S/C22H20N2O5S2/c1-13(2)31(26,27)16-8-4-7-15(10-16)21(25)24-22-23-17(12-30-22)19-11-14-6-5-9-18(28-3)20(14)29-19/h4-13H,1-3H3,(H,23,24,25). The second-order valence-electron chi connectivity index (χ2n) is 7.10. The zero-order valence-electron chi connectivity index (χ0n) is 17.1. The van der Waals surface area contributed by atoms with E-state index in [4.69, 9.17) is 9.15 Å². The van der Waals surface area contributed by atoms with Crippen LogP contribution in [0.2, 0.25) is 0 Å². The van der Waals surface area contributed by atoms with Gasteiger partial charge in [-0.2, -0.15) is 0 Å². The molecule has 0 aliphatic carbocycles. The van der Waals surface area contributed by atoms with Crippen LogP contribution < -0.4 is 10.1 Å². The first kappa shape index (κ1) is 21.1. The zero-order chi connectivity index (χ0) is 22.2. The number of hydrogen-bond donors (Lipinski definition) is 1. The van der Waals surface area contributed by atoms with E-state index in [1.165, 1.54) is 23.5 Å². The number of benzene rings is 2. The number of furan rings is 1. The van der Waals surface area contributed by atoms with Crippen molar-refractivity contribution in [3.8, 4) is 17.2 Å². The number of nitrogens with one attached hydrogen (secondary N) is 1. The molecular formula is C22H20N2O5S2. The van der Waals surface area contributed by atoms with Crippen LogP contribution in [0.5, 0.6) is 5.75 Å². The molecule has 2 heterocycles. The van der Waals surface area contributed by atoms with Crippen molar-refractivity contribution in [2.75, 3.05) is 12.4 Å². The number of rotatable bonds is 6. The zero-order valence-corrected chi connectivity index (χ0v) is 18.7. The highest BCUT2D eigenvalue weighted by Gasteiger charge is 2.21. The maximum absolute atomic E-state index is 12.7. The van der Waals surface area contributed by atoms with Crippen LogP contribution in [0.25, 0.3) is 22.4 Å². The Morgan fingerprint density at radius 2 is 1.94 bits per heavy atom. The smallest absolute Gasteiger partial charge is 0.257 e. The molecule has 31 heavy (non-hydrogen) atoms. The van der Waals surface area contributed by atoms with E-state index in [2.05, 4.69) is 10.3 Å². The fourth-order valence-corrected chi connectivity index (χ4v) is 4.82. The van der Waals surface area contributed by atoms with Gasteiger partial charge in [0.15, 0.2) is 32.1 Å². The molecule has 0 saturated heterocycles. The van der Waals surface area contributed by atoms with Gasteiger partial charge in [0.2, 0.25) is 0 Å². The molecule has 0 bridgehead atoms. The SMILES string of the molecule is COc1cccc2cc(-c3csc(NC(=O)c4cccc(S(=O)(=O)C(C)C)c4)n3)oc12. The van der Waals surface area contributed by atoms with E-state index >= 15 is 0 Å². The highest BCUT2D eigenvalue weighted by molar-refractivity contribution is 7.92. The van der Waals surface area contributed by atoms with Crippen molar-refractivity contribution in [1.82, 2.24) is 4.98 Å². The minimum absolute atomic E-state index is 0.117. The van der Waals surface area contributed by atoms with Gasteiger partial charge in [0.25, 0.3) is 5.91 Å². The first-order chi connectivity index (χ1) is 14.8. The molecule has 4 aromatic rings. The normalized spacial score (nSPS) is 11.7. The highest BCUT2D eigenvalue weighted by atomic mass is 32.2. The third kappa shape index (κ3) is 4.06. The Bertz CT molecular complexity index is 1370. The summed E-state index contributed by atoms with van der Waals surface area (Å²) in [7, 11) is -1.89. The molecule has 7 nitrogen and oxygen atoms in total. The molecule has 1 N–H and O–H groups in total. The van der Waals surface area contributed by atoms with E-state index < -0.39 is 21.0 Å². The first-order valence-corrected chi connectivity index (χ1v) is 11.9. The minimum atomic E-state index is -3.47. The summed E-state index contributed by atoms with van der Waals surface area (Å²) in [6.07, 6.45) is 0. The van der Waals surface area contributed by atoms with Gasteiger partial charge in [-0.25, -0.2) is 13.4 Å². The molecule has 0 spiro atoms. The molecule has 9 heteroatoms. The highest BCUT2D eigenvalue weighted by Crippen LogP contribution is 2.34. The summed E-state index contributed by atoms with van der Waals surface area (Å²) in [6.45, 7) is 3.21. The van der Waals surface area contributed by atoms with Gasteiger partial charge < -0.3 is 9.15 Å². The number of methoxy groups -OCH3 is 1. The molecule has 0 aliphatic heterocycles. The molecule has 0 radical (unpaired) electrons. The summed E-state index contributed by atoms with van der Waals surface area (Å²) in [5.74, 6) is 0.748. The number of nitrogens with zero attached hydrogens (tertiary/aromatic N) is 1. The molecule has 0 atom stereocenters. The fraction of sp³-hybridized carbons (Fsp3) is 0.182. The Kier molecular flexibility index (Phi) is 5.55. The minimum Gasteiger partial charge on any atom is -0.493 e. The van der Waals surface area contributed by atoms with E-state index in [1.54, 1.807) is 38.5 Å². The number of sulfone groups is 1. The summed E-state index contributed by atoms with van der Waals surface area (Å²) < 4.78 is 36.0. The number of aromatic nitrogens is 1. The van der Waals surface area contributed by atoms with Crippen LogP contribution in [-0.2, 0) is 9.84 Å². The lowest BCUT2D eigenvalue weighted by Gasteiger charge is -2.09. The van der Waals surface area contributed by atoms with Crippen molar-refractivity contribution in [3.05, 3.63) is 59.5 Å². The van der Waals surface area contributed by atoms with E-state index in [0.29, 0.717) is 27.9 Å². The molecule has 0 saturated carbocycles.